The number of nitrogens with zero attached hydrogens (tertiary/aromatic N) is 5. The molecule has 0 unspecified atom stereocenters. The van der Waals surface area contributed by atoms with E-state index < -0.39 is 21.7 Å². The van der Waals surface area contributed by atoms with Gasteiger partial charge < -0.3 is 4.57 Å². The van der Waals surface area contributed by atoms with Crippen molar-refractivity contribution in [2.75, 3.05) is 26.2 Å². The zero-order chi connectivity index (χ0) is 22.2. The normalized spacial score (nSPS) is 16.0. The van der Waals surface area contributed by atoms with E-state index >= 15 is 0 Å². The van der Waals surface area contributed by atoms with Gasteiger partial charge in [0.1, 0.15) is 0 Å². The van der Waals surface area contributed by atoms with Crippen molar-refractivity contribution < 1.29 is 17.2 Å². The summed E-state index contributed by atoms with van der Waals surface area (Å²) in [5.41, 5.74) is 0.956. The molecule has 1 saturated heterocycles. The summed E-state index contributed by atoms with van der Waals surface area (Å²) in [6, 6.07) is 12.4. The SMILES string of the molecule is Cn1c(-c2ccccc2)nn(CN2CCN(S(=O)(=O)c3ccc(F)c(F)c3)CC2)c1=S. The summed E-state index contributed by atoms with van der Waals surface area (Å²) in [7, 11) is -2.03. The van der Waals surface area contributed by atoms with Gasteiger partial charge in [-0.1, -0.05) is 30.3 Å². The van der Waals surface area contributed by atoms with E-state index in [0.29, 0.717) is 24.5 Å². The molecule has 0 spiro atoms. The van der Waals surface area contributed by atoms with Crippen molar-refractivity contribution in [2.24, 2.45) is 7.05 Å². The number of benzene rings is 2. The molecule has 3 aromatic rings. The van der Waals surface area contributed by atoms with Gasteiger partial charge in [0, 0.05) is 38.8 Å². The van der Waals surface area contributed by atoms with Crippen LogP contribution in [0.3, 0.4) is 0 Å². The third-order valence-corrected chi connectivity index (χ3v) is 7.65. The minimum Gasteiger partial charge on any atom is -0.303 e. The van der Waals surface area contributed by atoms with E-state index in [1.165, 1.54) is 4.31 Å². The van der Waals surface area contributed by atoms with Crippen LogP contribution in [0.15, 0.2) is 53.4 Å². The highest BCUT2D eigenvalue weighted by Gasteiger charge is 2.29. The number of halogens is 2. The van der Waals surface area contributed by atoms with Crippen molar-refractivity contribution >= 4 is 22.2 Å². The molecule has 164 valence electrons. The summed E-state index contributed by atoms with van der Waals surface area (Å²) in [5, 5.41) is 4.63. The van der Waals surface area contributed by atoms with Crippen molar-refractivity contribution in [3.63, 3.8) is 0 Å². The predicted molar refractivity (Wildman–Crippen MR) is 114 cm³/mol. The molecule has 7 nitrogen and oxygen atoms in total. The number of piperazine rings is 1. The van der Waals surface area contributed by atoms with Crippen molar-refractivity contribution in [1.29, 1.82) is 0 Å². The van der Waals surface area contributed by atoms with Crippen molar-refractivity contribution in [2.45, 2.75) is 11.6 Å². The Bertz CT molecular complexity index is 1250. The minimum absolute atomic E-state index is 0.229. The Morgan fingerprint density at radius 3 is 2.32 bits per heavy atom. The standard InChI is InChI=1S/C20H21F2N5O2S2/c1-24-19(15-5-3-2-4-6-15)23-27(20(24)30)14-25-9-11-26(12-10-25)31(28,29)16-7-8-17(21)18(22)13-16/h2-8,13H,9-12,14H2,1H3. The van der Waals surface area contributed by atoms with Crippen LogP contribution < -0.4 is 0 Å². The molecule has 2 heterocycles. The topological polar surface area (TPSA) is 63.4 Å². The molecular formula is C20H21F2N5O2S2. The van der Waals surface area contributed by atoms with Crippen LogP contribution in [-0.4, -0.2) is 58.1 Å². The van der Waals surface area contributed by atoms with Gasteiger partial charge in [-0.2, -0.15) is 9.40 Å². The third-order valence-electron chi connectivity index (χ3n) is 5.27. The van der Waals surface area contributed by atoms with Crippen molar-refractivity contribution in [3.05, 3.63) is 64.9 Å². The smallest absolute Gasteiger partial charge is 0.243 e. The van der Waals surface area contributed by atoms with Crippen LogP contribution in [0.4, 0.5) is 8.78 Å². The summed E-state index contributed by atoms with van der Waals surface area (Å²) in [5.74, 6) is -1.51. The van der Waals surface area contributed by atoms with Gasteiger partial charge in [-0.05, 0) is 30.4 Å². The molecule has 11 heteroatoms. The summed E-state index contributed by atoms with van der Waals surface area (Å²) in [6.45, 7) is 1.81. The maximum atomic E-state index is 13.5. The Morgan fingerprint density at radius 2 is 1.68 bits per heavy atom. The van der Waals surface area contributed by atoms with E-state index in [4.69, 9.17) is 12.2 Å². The fourth-order valence-corrected chi connectivity index (χ4v) is 5.13. The molecule has 0 amide bonds. The monoisotopic (exact) mass is 465 g/mol. The van der Waals surface area contributed by atoms with Gasteiger partial charge in [0.05, 0.1) is 11.6 Å². The lowest BCUT2D eigenvalue weighted by Crippen LogP contribution is -2.49. The maximum Gasteiger partial charge on any atom is 0.243 e. The Hall–Kier alpha value is -2.47. The molecule has 0 radical (unpaired) electrons. The van der Waals surface area contributed by atoms with Crippen molar-refractivity contribution in [1.82, 2.24) is 23.6 Å². The van der Waals surface area contributed by atoms with Crippen LogP contribution in [0.25, 0.3) is 11.4 Å². The molecule has 0 N–H and O–H groups in total. The second-order valence-corrected chi connectivity index (χ2v) is 9.57. The van der Waals surface area contributed by atoms with E-state index in [0.717, 1.165) is 29.6 Å². The first-order valence-electron chi connectivity index (χ1n) is 9.64. The van der Waals surface area contributed by atoms with Crippen LogP contribution in [-0.2, 0) is 23.7 Å². The highest BCUT2D eigenvalue weighted by molar-refractivity contribution is 7.89. The van der Waals surface area contributed by atoms with Gasteiger partial charge in [-0.3, -0.25) is 4.90 Å². The zero-order valence-electron chi connectivity index (χ0n) is 16.8. The minimum atomic E-state index is -3.89. The number of rotatable bonds is 5. The summed E-state index contributed by atoms with van der Waals surface area (Å²) in [6.07, 6.45) is 0. The maximum absolute atomic E-state index is 13.5. The van der Waals surface area contributed by atoms with Crippen LogP contribution in [0.2, 0.25) is 0 Å². The molecule has 0 atom stereocenters. The number of sulfonamides is 1. The predicted octanol–water partition coefficient (Wildman–Crippen LogP) is 2.86. The Kier molecular flexibility index (Phi) is 6.02. The van der Waals surface area contributed by atoms with Gasteiger partial charge in [0.15, 0.2) is 22.2 Å². The zero-order valence-corrected chi connectivity index (χ0v) is 18.4. The summed E-state index contributed by atoms with van der Waals surface area (Å²) in [4.78, 5) is 1.80. The van der Waals surface area contributed by atoms with Gasteiger partial charge >= 0.3 is 0 Å². The van der Waals surface area contributed by atoms with Crippen LogP contribution in [0, 0.1) is 16.4 Å². The van der Waals surface area contributed by atoms with E-state index in [1.807, 2.05) is 41.9 Å². The number of aromatic nitrogens is 3. The molecule has 2 aromatic carbocycles. The fraction of sp³-hybridized carbons (Fsp3) is 0.300. The molecule has 4 rings (SSSR count). The summed E-state index contributed by atoms with van der Waals surface area (Å²) >= 11 is 5.52. The first-order valence-corrected chi connectivity index (χ1v) is 11.5. The van der Waals surface area contributed by atoms with Gasteiger partial charge in [-0.25, -0.2) is 21.9 Å². The molecule has 0 aliphatic carbocycles. The van der Waals surface area contributed by atoms with Crippen LogP contribution in [0.5, 0.6) is 0 Å². The first kappa shape index (κ1) is 21.8. The highest BCUT2D eigenvalue weighted by Crippen LogP contribution is 2.21. The number of hydrogen-bond donors (Lipinski definition) is 0. The molecular weight excluding hydrogens is 444 g/mol. The van der Waals surface area contributed by atoms with E-state index in [-0.39, 0.29) is 18.0 Å². The molecule has 31 heavy (non-hydrogen) atoms. The Morgan fingerprint density at radius 1 is 1.00 bits per heavy atom. The second-order valence-electron chi connectivity index (χ2n) is 7.27. The molecule has 1 fully saturated rings. The van der Waals surface area contributed by atoms with Gasteiger partial charge in [-0.15, -0.1) is 0 Å². The lowest BCUT2D eigenvalue weighted by Gasteiger charge is -2.33. The van der Waals surface area contributed by atoms with Gasteiger partial charge in [0.2, 0.25) is 10.0 Å². The molecule has 0 saturated carbocycles. The quantitative estimate of drug-likeness (QED) is 0.543. The largest absolute Gasteiger partial charge is 0.303 e. The average molecular weight is 466 g/mol. The summed E-state index contributed by atoms with van der Waals surface area (Å²) < 4.78 is 57.6. The molecule has 0 bridgehead atoms. The molecule has 1 aliphatic heterocycles. The van der Waals surface area contributed by atoms with Crippen LogP contribution >= 0.6 is 12.2 Å². The highest BCUT2D eigenvalue weighted by atomic mass is 32.2. The van der Waals surface area contributed by atoms with Gasteiger partial charge in [0.25, 0.3) is 0 Å². The van der Waals surface area contributed by atoms with E-state index in [1.54, 1.807) is 4.68 Å². The average Bonchev–Trinajstić information content (AvgIpc) is 3.05. The fourth-order valence-electron chi connectivity index (χ4n) is 3.51. The second kappa shape index (κ2) is 8.58. The Labute approximate surface area is 184 Å². The number of hydrogen-bond acceptors (Lipinski definition) is 5. The molecule has 1 aromatic heterocycles. The lowest BCUT2D eigenvalue weighted by molar-refractivity contribution is 0.144. The lowest BCUT2D eigenvalue weighted by atomic mass is 10.2. The molecule has 1 aliphatic rings. The van der Waals surface area contributed by atoms with E-state index in [2.05, 4.69) is 10.00 Å². The third kappa shape index (κ3) is 4.31. The first-order chi connectivity index (χ1) is 14.8. The van der Waals surface area contributed by atoms with Crippen LogP contribution in [0.1, 0.15) is 0 Å². The Balaban J connectivity index is 1.45. The van der Waals surface area contributed by atoms with Crippen molar-refractivity contribution in [3.8, 4) is 11.4 Å². The van der Waals surface area contributed by atoms with E-state index in [9.17, 15) is 17.2 Å².